The first-order valence-electron chi connectivity index (χ1n) is 5.61. The van der Waals surface area contributed by atoms with Crippen LogP contribution in [0.25, 0.3) is 0 Å². The summed E-state index contributed by atoms with van der Waals surface area (Å²) < 4.78 is 0. The van der Waals surface area contributed by atoms with E-state index < -0.39 is 0 Å². The van der Waals surface area contributed by atoms with Crippen LogP contribution in [0.5, 0.6) is 0 Å². The second-order valence-electron chi connectivity index (χ2n) is 3.67. The molecule has 0 saturated carbocycles. The van der Waals surface area contributed by atoms with Gasteiger partial charge in [-0.15, -0.1) is 11.3 Å². The lowest BCUT2D eigenvalue weighted by molar-refractivity contribution is 0.279. The largest absolute Gasteiger partial charge is 0.303 e. The SMILES string of the molecule is CCCN(CCC)CCc1cccs1. The van der Waals surface area contributed by atoms with Crippen LogP contribution in [0, 0.1) is 0 Å². The molecule has 2 heteroatoms. The molecule has 1 nitrogen and oxygen atoms in total. The molecule has 1 aromatic rings. The third-order valence-electron chi connectivity index (χ3n) is 2.33. The minimum absolute atomic E-state index is 1.22. The van der Waals surface area contributed by atoms with Gasteiger partial charge in [-0.1, -0.05) is 19.9 Å². The molecule has 0 saturated heterocycles. The molecular weight excluding hydrogens is 190 g/mol. The topological polar surface area (TPSA) is 3.24 Å². The smallest absolute Gasteiger partial charge is 0.00579 e. The van der Waals surface area contributed by atoms with Crippen LogP contribution in [-0.4, -0.2) is 24.5 Å². The van der Waals surface area contributed by atoms with Crippen molar-refractivity contribution in [3.8, 4) is 0 Å². The molecule has 1 rings (SSSR count). The summed E-state index contributed by atoms with van der Waals surface area (Å²) in [6, 6.07) is 4.38. The third kappa shape index (κ3) is 4.25. The van der Waals surface area contributed by atoms with Gasteiger partial charge in [-0.25, -0.2) is 0 Å². The maximum Gasteiger partial charge on any atom is 0.00579 e. The Labute approximate surface area is 91.8 Å². The first kappa shape index (κ1) is 11.7. The van der Waals surface area contributed by atoms with E-state index in [2.05, 4.69) is 36.3 Å². The summed E-state index contributed by atoms with van der Waals surface area (Å²) in [6.07, 6.45) is 3.76. The number of rotatable bonds is 7. The first-order chi connectivity index (χ1) is 6.86. The van der Waals surface area contributed by atoms with E-state index in [0.717, 1.165) is 0 Å². The van der Waals surface area contributed by atoms with Crippen molar-refractivity contribution in [2.75, 3.05) is 19.6 Å². The minimum Gasteiger partial charge on any atom is -0.303 e. The highest BCUT2D eigenvalue weighted by Crippen LogP contribution is 2.10. The lowest BCUT2D eigenvalue weighted by atomic mass is 10.3. The van der Waals surface area contributed by atoms with Gasteiger partial charge in [0.15, 0.2) is 0 Å². The number of hydrogen-bond acceptors (Lipinski definition) is 2. The predicted molar refractivity (Wildman–Crippen MR) is 65.0 cm³/mol. The average Bonchev–Trinajstić information content (AvgIpc) is 2.67. The molecule has 14 heavy (non-hydrogen) atoms. The van der Waals surface area contributed by atoms with Crippen LogP contribution in [0.3, 0.4) is 0 Å². The monoisotopic (exact) mass is 211 g/mol. The number of nitrogens with zero attached hydrogens (tertiary/aromatic N) is 1. The zero-order chi connectivity index (χ0) is 10.2. The van der Waals surface area contributed by atoms with Gasteiger partial charge in [-0.05, 0) is 43.8 Å². The molecule has 0 aromatic carbocycles. The van der Waals surface area contributed by atoms with Gasteiger partial charge in [0.2, 0.25) is 0 Å². The van der Waals surface area contributed by atoms with Crippen molar-refractivity contribution in [3.05, 3.63) is 22.4 Å². The molecule has 0 aliphatic heterocycles. The van der Waals surface area contributed by atoms with Crippen LogP contribution >= 0.6 is 11.3 Å². The molecule has 0 bridgehead atoms. The molecule has 1 aromatic heterocycles. The first-order valence-corrected chi connectivity index (χ1v) is 6.49. The van der Waals surface area contributed by atoms with Crippen molar-refractivity contribution < 1.29 is 0 Å². The van der Waals surface area contributed by atoms with Gasteiger partial charge in [0, 0.05) is 11.4 Å². The molecule has 0 aliphatic carbocycles. The molecule has 0 amide bonds. The Morgan fingerprint density at radius 1 is 1.14 bits per heavy atom. The lowest BCUT2D eigenvalue weighted by Crippen LogP contribution is -2.27. The second-order valence-corrected chi connectivity index (χ2v) is 4.70. The van der Waals surface area contributed by atoms with Crippen molar-refractivity contribution >= 4 is 11.3 Å². The van der Waals surface area contributed by atoms with E-state index in [1.807, 2.05) is 11.3 Å². The van der Waals surface area contributed by atoms with Gasteiger partial charge in [0.05, 0.1) is 0 Å². The molecular formula is C12H21NS. The van der Waals surface area contributed by atoms with Gasteiger partial charge >= 0.3 is 0 Å². The normalized spacial score (nSPS) is 11.1. The van der Waals surface area contributed by atoms with Crippen molar-refractivity contribution in [3.63, 3.8) is 0 Å². The standard InChI is InChI=1S/C12H21NS/c1-3-8-13(9-4-2)10-7-12-6-5-11-14-12/h5-6,11H,3-4,7-10H2,1-2H3. The van der Waals surface area contributed by atoms with E-state index in [0.29, 0.717) is 0 Å². The summed E-state index contributed by atoms with van der Waals surface area (Å²) in [5.74, 6) is 0. The van der Waals surface area contributed by atoms with Crippen molar-refractivity contribution in [1.82, 2.24) is 4.90 Å². The quantitative estimate of drug-likeness (QED) is 0.668. The molecule has 1 heterocycles. The summed E-state index contributed by atoms with van der Waals surface area (Å²) in [5.41, 5.74) is 0. The van der Waals surface area contributed by atoms with Crippen LogP contribution in [0.4, 0.5) is 0 Å². The maximum absolute atomic E-state index is 2.57. The van der Waals surface area contributed by atoms with E-state index >= 15 is 0 Å². The summed E-state index contributed by atoms with van der Waals surface area (Å²) in [4.78, 5) is 4.09. The molecule has 0 aliphatic rings. The minimum atomic E-state index is 1.22. The van der Waals surface area contributed by atoms with Gasteiger partial charge in [-0.2, -0.15) is 0 Å². The molecule has 80 valence electrons. The lowest BCUT2D eigenvalue weighted by Gasteiger charge is -2.20. The molecule has 0 fully saturated rings. The molecule has 0 unspecified atom stereocenters. The predicted octanol–water partition coefficient (Wildman–Crippen LogP) is 3.41. The zero-order valence-electron chi connectivity index (χ0n) is 9.33. The van der Waals surface area contributed by atoms with E-state index in [-0.39, 0.29) is 0 Å². The summed E-state index contributed by atoms with van der Waals surface area (Å²) in [6.45, 7) is 8.24. The molecule has 0 N–H and O–H groups in total. The van der Waals surface area contributed by atoms with Crippen molar-refractivity contribution in [1.29, 1.82) is 0 Å². The zero-order valence-corrected chi connectivity index (χ0v) is 10.1. The Kier molecular flexibility index (Phi) is 5.88. The van der Waals surface area contributed by atoms with Crippen LogP contribution in [-0.2, 0) is 6.42 Å². The Morgan fingerprint density at radius 2 is 1.86 bits per heavy atom. The van der Waals surface area contributed by atoms with Gasteiger partial charge in [0.1, 0.15) is 0 Å². The Hall–Kier alpha value is -0.340. The Morgan fingerprint density at radius 3 is 2.36 bits per heavy atom. The van der Waals surface area contributed by atoms with Crippen LogP contribution < -0.4 is 0 Å². The van der Waals surface area contributed by atoms with E-state index in [1.165, 1.54) is 43.8 Å². The highest BCUT2D eigenvalue weighted by atomic mass is 32.1. The highest BCUT2D eigenvalue weighted by molar-refractivity contribution is 7.09. The average molecular weight is 211 g/mol. The summed E-state index contributed by atoms with van der Waals surface area (Å²) >= 11 is 1.87. The molecule has 0 spiro atoms. The summed E-state index contributed by atoms with van der Waals surface area (Å²) in [7, 11) is 0. The van der Waals surface area contributed by atoms with E-state index in [9.17, 15) is 0 Å². The Balaban J connectivity index is 2.25. The van der Waals surface area contributed by atoms with Crippen molar-refractivity contribution in [2.45, 2.75) is 33.1 Å². The second kappa shape index (κ2) is 7.02. The van der Waals surface area contributed by atoms with Gasteiger partial charge < -0.3 is 4.90 Å². The fourth-order valence-corrected chi connectivity index (χ4v) is 2.39. The number of thiophene rings is 1. The van der Waals surface area contributed by atoms with Crippen LogP contribution in [0.15, 0.2) is 17.5 Å². The fraction of sp³-hybridized carbons (Fsp3) is 0.667. The third-order valence-corrected chi connectivity index (χ3v) is 3.27. The van der Waals surface area contributed by atoms with Crippen LogP contribution in [0.1, 0.15) is 31.6 Å². The molecule has 0 atom stereocenters. The van der Waals surface area contributed by atoms with Gasteiger partial charge in [0.25, 0.3) is 0 Å². The van der Waals surface area contributed by atoms with E-state index in [1.54, 1.807) is 0 Å². The van der Waals surface area contributed by atoms with Gasteiger partial charge in [-0.3, -0.25) is 0 Å². The van der Waals surface area contributed by atoms with Crippen molar-refractivity contribution in [2.24, 2.45) is 0 Å². The Bertz CT molecular complexity index is 212. The highest BCUT2D eigenvalue weighted by Gasteiger charge is 2.02. The number of hydrogen-bond donors (Lipinski definition) is 0. The molecule has 0 radical (unpaired) electrons. The van der Waals surface area contributed by atoms with E-state index in [4.69, 9.17) is 0 Å². The summed E-state index contributed by atoms with van der Waals surface area (Å²) in [5, 5.41) is 2.17. The maximum atomic E-state index is 2.57. The fourth-order valence-electron chi connectivity index (χ4n) is 1.69. The van der Waals surface area contributed by atoms with Crippen LogP contribution in [0.2, 0.25) is 0 Å².